The molecule has 2 aromatic rings. The summed E-state index contributed by atoms with van der Waals surface area (Å²) in [6, 6.07) is 1.59. The molecule has 0 saturated carbocycles. The van der Waals surface area contributed by atoms with Crippen molar-refractivity contribution >= 4 is 46.4 Å². The van der Waals surface area contributed by atoms with Gasteiger partial charge < -0.3 is 48.3 Å². The van der Waals surface area contributed by atoms with Crippen LogP contribution < -0.4 is 33.2 Å². The molecule has 1 aromatic heterocycles. The fourth-order valence-electron chi connectivity index (χ4n) is 3.86. The van der Waals surface area contributed by atoms with Gasteiger partial charge in [-0.3, -0.25) is 24.0 Å². The average Bonchev–Trinajstić information content (AvgIpc) is 3.29. The molecule has 15 nitrogen and oxygen atoms in total. The second kappa shape index (κ2) is 14.6. The topological polar surface area (TPSA) is 273 Å². The van der Waals surface area contributed by atoms with Crippen molar-refractivity contribution in [2.75, 3.05) is 0 Å². The molecule has 0 spiro atoms. The molecular formula is C25H35N7O8. The Morgan fingerprint density at radius 2 is 1.35 bits per heavy atom. The molecule has 15 heteroatoms. The van der Waals surface area contributed by atoms with Crippen LogP contribution in [-0.2, 0) is 35.2 Å². The second-order valence-electron chi connectivity index (χ2n) is 9.36. The van der Waals surface area contributed by atoms with Crippen LogP contribution in [0, 0.1) is 0 Å². The molecule has 1 heterocycles. The molecule has 2 rings (SSSR count). The van der Waals surface area contributed by atoms with E-state index in [0.29, 0.717) is 5.56 Å². The number of rotatable bonds is 16. The van der Waals surface area contributed by atoms with E-state index >= 15 is 0 Å². The number of aliphatic hydroxyl groups is 1. The molecule has 0 aliphatic carbocycles. The van der Waals surface area contributed by atoms with Crippen molar-refractivity contribution in [3.8, 4) is 0 Å². The summed E-state index contributed by atoms with van der Waals surface area (Å²) >= 11 is 0. The minimum absolute atomic E-state index is 0.0872. The number of H-pyrrole nitrogens is 1. The molecule has 0 aliphatic rings. The fourth-order valence-corrected chi connectivity index (χ4v) is 3.86. The normalized spacial score (nSPS) is 14.8. The van der Waals surface area contributed by atoms with Gasteiger partial charge in [-0.05, 0) is 31.4 Å². The van der Waals surface area contributed by atoms with Gasteiger partial charge in [0.15, 0.2) is 0 Å². The molecule has 0 aliphatic heterocycles. The maximum absolute atomic E-state index is 13.1. The molecule has 0 bridgehead atoms. The highest BCUT2D eigenvalue weighted by Gasteiger charge is 2.31. The lowest BCUT2D eigenvalue weighted by Crippen LogP contribution is -2.58. The number of carbonyl (C=O) groups excluding carboxylic acids is 5. The van der Waals surface area contributed by atoms with E-state index in [1.807, 2.05) is 12.1 Å². The zero-order valence-corrected chi connectivity index (χ0v) is 21.9. The molecule has 12 N–H and O–H groups in total. The van der Waals surface area contributed by atoms with Gasteiger partial charge >= 0.3 is 5.97 Å². The van der Waals surface area contributed by atoms with Crippen LogP contribution in [0.1, 0.15) is 38.2 Å². The maximum Gasteiger partial charge on any atom is 0.326 e. The SMILES string of the molecule is CC(O)C(N)C(=O)NC(CCC(N)=O)C(=O)NC(CCC(N)=O)C(=O)NC(Cc1c[nH]c2ccccc12)C(=O)O. The minimum atomic E-state index is -1.43. The van der Waals surface area contributed by atoms with Crippen LogP contribution in [0.5, 0.6) is 0 Å². The molecule has 0 fully saturated rings. The first-order valence-electron chi connectivity index (χ1n) is 12.5. The van der Waals surface area contributed by atoms with Gasteiger partial charge in [-0.1, -0.05) is 18.2 Å². The predicted molar refractivity (Wildman–Crippen MR) is 142 cm³/mol. The van der Waals surface area contributed by atoms with E-state index < -0.39 is 65.8 Å². The molecule has 5 atom stereocenters. The zero-order valence-electron chi connectivity index (χ0n) is 21.9. The van der Waals surface area contributed by atoms with Crippen LogP contribution in [0.4, 0.5) is 0 Å². The quantitative estimate of drug-likeness (QED) is 0.104. The van der Waals surface area contributed by atoms with E-state index in [-0.39, 0.29) is 32.1 Å². The Labute approximate surface area is 229 Å². The Morgan fingerprint density at radius 1 is 0.850 bits per heavy atom. The molecule has 0 radical (unpaired) electrons. The number of fused-ring (bicyclic) bond motifs is 1. The number of hydrogen-bond donors (Lipinski definition) is 9. The van der Waals surface area contributed by atoms with Crippen LogP contribution in [0.15, 0.2) is 30.5 Å². The van der Waals surface area contributed by atoms with Gasteiger partial charge in [0.2, 0.25) is 29.5 Å². The van der Waals surface area contributed by atoms with E-state index in [4.69, 9.17) is 17.2 Å². The number of carbonyl (C=O) groups is 6. The summed E-state index contributed by atoms with van der Waals surface area (Å²) in [4.78, 5) is 76.3. The standard InChI is InChI=1S/C25H35N7O8/c1-12(33)21(28)24(38)31-17(7-9-20(27)35)22(36)30-16(6-8-19(26)34)23(37)32-18(25(39)40)10-13-11-29-15-5-3-2-4-14(13)15/h2-5,11-12,16-18,21,29,33H,6-10,28H2,1H3,(H2,26,34)(H2,27,35)(H,30,36)(H,31,38)(H,32,37)(H,39,40). The number of amides is 5. The van der Waals surface area contributed by atoms with Gasteiger partial charge in [-0.15, -0.1) is 0 Å². The van der Waals surface area contributed by atoms with Crippen molar-refractivity contribution in [3.63, 3.8) is 0 Å². The number of hydrogen-bond acceptors (Lipinski definition) is 8. The summed E-state index contributed by atoms with van der Waals surface area (Å²) in [5.41, 5.74) is 17.4. The number of aliphatic hydroxyl groups excluding tert-OH is 1. The lowest BCUT2D eigenvalue weighted by Gasteiger charge is -2.25. The number of para-hydroxylation sites is 1. The molecule has 5 amide bonds. The number of carboxylic acids is 1. The summed E-state index contributed by atoms with van der Waals surface area (Å²) in [6.07, 6.45) is -0.897. The third-order valence-electron chi connectivity index (χ3n) is 6.16. The van der Waals surface area contributed by atoms with Crippen LogP contribution in [0.2, 0.25) is 0 Å². The molecule has 5 unspecified atom stereocenters. The number of aromatic amines is 1. The first-order valence-corrected chi connectivity index (χ1v) is 12.5. The van der Waals surface area contributed by atoms with Crippen molar-refractivity contribution in [2.45, 2.75) is 69.3 Å². The number of primary amides is 2. The Hall–Kier alpha value is -4.50. The van der Waals surface area contributed by atoms with Crippen molar-refractivity contribution in [1.82, 2.24) is 20.9 Å². The predicted octanol–water partition coefficient (Wildman–Crippen LogP) is -2.51. The first kappa shape index (κ1) is 31.7. The Balaban J connectivity index is 2.22. The fraction of sp³-hybridized carbons (Fsp3) is 0.440. The Kier molecular flexibility index (Phi) is 11.6. The smallest absolute Gasteiger partial charge is 0.326 e. The van der Waals surface area contributed by atoms with E-state index in [0.717, 1.165) is 10.9 Å². The second-order valence-corrected chi connectivity index (χ2v) is 9.36. The maximum atomic E-state index is 13.1. The Bertz CT molecular complexity index is 1240. The van der Waals surface area contributed by atoms with Gasteiger partial charge in [0.05, 0.1) is 6.10 Å². The first-order chi connectivity index (χ1) is 18.8. The van der Waals surface area contributed by atoms with Gasteiger partial charge in [0, 0.05) is 36.4 Å². The van der Waals surface area contributed by atoms with Crippen LogP contribution in [0.25, 0.3) is 10.9 Å². The van der Waals surface area contributed by atoms with E-state index in [9.17, 15) is 39.0 Å². The number of benzene rings is 1. The summed E-state index contributed by atoms with van der Waals surface area (Å²) in [5.74, 6) is -5.62. The van der Waals surface area contributed by atoms with E-state index in [1.165, 1.54) is 6.92 Å². The molecule has 1 aromatic carbocycles. The van der Waals surface area contributed by atoms with Crippen molar-refractivity contribution in [3.05, 3.63) is 36.0 Å². The van der Waals surface area contributed by atoms with E-state index in [2.05, 4.69) is 20.9 Å². The highest BCUT2D eigenvalue weighted by Crippen LogP contribution is 2.19. The number of nitrogens with one attached hydrogen (secondary N) is 4. The summed E-state index contributed by atoms with van der Waals surface area (Å²) < 4.78 is 0. The monoisotopic (exact) mass is 561 g/mol. The van der Waals surface area contributed by atoms with Crippen molar-refractivity contribution < 1.29 is 39.0 Å². The lowest BCUT2D eigenvalue weighted by atomic mass is 10.0. The zero-order chi connectivity index (χ0) is 30.0. The van der Waals surface area contributed by atoms with Gasteiger partial charge in [-0.25, -0.2) is 4.79 Å². The summed E-state index contributed by atoms with van der Waals surface area (Å²) in [7, 11) is 0. The van der Waals surface area contributed by atoms with Crippen LogP contribution in [-0.4, -0.2) is 81.0 Å². The third-order valence-corrected chi connectivity index (χ3v) is 6.16. The number of nitrogens with two attached hydrogens (primary N) is 3. The van der Waals surface area contributed by atoms with Gasteiger partial charge in [0.25, 0.3) is 0 Å². The summed E-state index contributed by atoms with van der Waals surface area (Å²) in [6.45, 7) is 1.27. The average molecular weight is 562 g/mol. The molecular weight excluding hydrogens is 526 g/mol. The Morgan fingerprint density at radius 3 is 1.85 bits per heavy atom. The lowest BCUT2D eigenvalue weighted by molar-refractivity contribution is -0.142. The van der Waals surface area contributed by atoms with Gasteiger partial charge in [-0.2, -0.15) is 0 Å². The minimum Gasteiger partial charge on any atom is -0.480 e. The highest BCUT2D eigenvalue weighted by molar-refractivity contribution is 5.95. The highest BCUT2D eigenvalue weighted by atomic mass is 16.4. The third kappa shape index (κ3) is 9.36. The summed E-state index contributed by atoms with van der Waals surface area (Å²) in [5, 5.41) is 27.2. The number of aliphatic carboxylic acids is 1. The van der Waals surface area contributed by atoms with E-state index in [1.54, 1.807) is 18.3 Å². The number of carboxylic acid groups (broad SMARTS) is 1. The number of aromatic nitrogens is 1. The van der Waals surface area contributed by atoms with Crippen LogP contribution >= 0.6 is 0 Å². The van der Waals surface area contributed by atoms with Crippen molar-refractivity contribution in [2.24, 2.45) is 17.2 Å². The van der Waals surface area contributed by atoms with Crippen molar-refractivity contribution in [1.29, 1.82) is 0 Å². The molecule has 218 valence electrons. The molecule has 40 heavy (non-hydrogen) atoms. The van der Waals surface area contributed by atoms with Gasteiger partial charge in [0.1, 0.15) is 24.2 Å². The molecule has 0 saturated heterocycles. The van der Waals surface area contributed by atoms with Crippen LogP contribution in [0.3, 0.4) is 0 Å². The largest absolute Gasteiger partial charge is 0.480 e.